The van der Waals surface area contributed by atoms with E-state index in [9.17, 15) is 0 Å². The van der Waals surface area contributed by atoms with Gasteiger partial charge in [-0.05, 0) is 12.8 Å². The van der Waals surface area contributed by atoms with Crippen LogP contribution in [0.3, 0.4) is 0 Å². The summed E-state index contributed by atoms with van der Waals surface area (Å²) in [5, 5.41) is 0. The van der Waals surface area contributed by atoms with E-state index >= 15 is 0 Å². The summed E-state index contributed by atoms with van der Waals surface area (Å²) < 4.78 is 4.94. The predicted molar refractivity (Wildman–Crippen MR) is 49.3 cm³/mol. The molecule has 0 saturated carbocycles. The monoisotopic (exact) mass is 272 g/mol. The van der Waals surface area contributed by atoms with Crippen molar-refractivity contribution in [2.75, 3.05) is 13.2 Å². The number of hydrogen-bond donors (Lipinski definition) is 0. The third kappa shape index (κ3) is 16.0. The van der Waals surface area contributed by atoms with Gasteiger partial charge in [0, 0.05) is 13.2 Å². The zero-order valence-electron chi connectivity index (χ0n) is 7.11. The number of halogens is 1. The van der Waals surface area contributed by atoms with Gasteiger partial charge in [0.1, 0.15) is 0 Å². The van der Waals surface area contributed by atoms with E-state index in [1.54, 1.807) is 0 Å². The molecule has 1 heterocycles. The van der Waals surface area contributed by atoms with Crippen LogP contribution in [0.1, 0.15) is 12.8 Å². The van der Waals surface area contributed by atoms with Crippen LogP contribution in [-0.2, 0) is 4.74 Å². The molecule has 0 aromatic heterocycles. The first-order chi connectivity index (χ1) is 4.50. The third-order valence-electron chi connectivity index (χ3n) is 0.827. The van der Waals surface area contributed by atoms with Crippen LogP contribution >= 0.6 is 8.92 Å². The first-order valence-electron chi connectivity index (χ1n) is 3.77. The average molecular weight is 271 g/mol. The molecule has 0 unspecified atom stereocenters. The third-order valence-corrected chi connectivity index (χ3v) is 0.827. The number of hydrogen-bond acceptors (Lipinski definition) is 1. The molecule has 1 aliphatic rings. The molecule has 0 aromatic carbocycles. The van der Waals surface area contributed by atoms with E-state index in [0.29, 0.717) is 0 Å². The van der Waals surface area contributed by atoms with Crippen LogP contribution in [0.25, 0.3) is 0 Å². The molecule has 1 nitrogen and oxygen atoms in total. The molecule has 1 fully saturated rings. The van der Waals surface area contributed by atoms with E-state index in [-0.39, 0.29) is 0 Å². The van der Waals surface area contributed by atoms with E-state index in [0.717, 1.165) is 13.2 Å². The molecule has 0 aromatic rings. The van der Waals surface area contributed by atoms with Crippen molar-refractivity contribution in [2.45, 2.75) is 27.7 Å². The molecule has 1 saturated heterocycles. The fraction of sp³-hybridized carbons (Fsp3) is 1.00. The van der Waals surface area contributed by atoms with E-state index in [4.69, 9.17) is 13.7 Å². The Morgan fingerprint density at radius 2 is 1.40 bits per heavy atom. The Bertz CT molecular complexity index is 62.6. The quantitative estimate of drug-likeness (QED) is 0.616. The van der Waals surface area contributed by atoms with E-state index < -0.39 is 17.3 Å². The van der Waals surface area contributed by atoms with Crippen molar-refractivity contribution in [3.63, 3.8) is 0 Å². The molecular formula is C7H17ClOSn. The molecule has 0 N–H and O–H groups in total. The van der Waals surface area contributed by atoms with Crippen molar-refractivity contribution in [3.8, 4) is 0 Å². The summed E-state index contributed by atoms with van der Waals surface area (Å²) in [6.45, 7) is 2.00. The summed E-state index contributed by atoms with van der Waals surface area (Å²) in [5.74, 6) is 0. The van der Waals surface area contributed by atoms with Crippen LogP contribution in [0.4, 0.5) is 0 Å². The molecule has 0 amide bonds. The second-order valence-electron chi connectivity index (χ2n) is 3.39. The molecule has 62 valence electrons. The Morgan fingerprint density at radius 1 is 1.10 bits per heavy atom. The fourth-order valence-electron chi connectivity index (χ4n) is 0.510. The molecular weight excluding hydrogens is 254 g/mol. The Labute approximate surface area is 71.7 Å². The van der Waals surface area contributed by atoms with Crippen molar-refractivity contribution in [1.82, 2.24) is 0 Å². The zero-order chi connectivity index (χ0) is 8.04. The number of ether oxygens (including phenoxy) is 1. The summed E-state index contributed by atoms with van der Waals surface area (Å²) in [7, 11) is 5.74. The fourth-order valence-corrected chi connectivity index (χ4v) is 0.510. The van der Waals surface area contributed by atoms with Crippen LogP contribution in [0.15, 0.2) is 0 Å². The van der Waals surface area contributed by atoms with Gasteiger partial charge in [0.25, 0.3) is 0 Å². The van der Waals surface area contributed by atoms with Crippen molar-refractivity contribution in [1.29, 1.82) is 0 Å². The summed E-state index contributed by atoms with van der Waals surface area (Å²) in [6, 6.07) is 0. The minimum absolute atomic E-state index is 1.00. The molecule has 1 aliphatic heterocycles. The molecule has 0 spiro atoms. The SMILES string of the molecule is C1CCOC1.[CH3][Sn]([CH3])([CH3])[Cl]. The van der Waals surface area contributed by atoms with Crippen LogP contribution in [0.5, 0.6) is 0 Å². The van der Waals surface area contributed by atoms with Crippen molar-refractivity contribution in [2.24, 2.45) is 0 Å². The van der Waals surface area contributed by atoms with E-state index in [2.05, 4.69) is 14.8 Å². The van der Waals surface area contributed by atoms with Crippen LogP contribution in [-0.4, -0.2) is 30.5 Å². The minimum atomic E-state index is -1.71. The van der Waals surface area contributed by atoms with E-state index in [1.807, 2.05) is 0 Å². The van der Waals surface area contributed by atoms with Gasteiger partial charge in [-0.25, -0.2) is 0 Å². The van der Waals surface area contributed by atoms with Crippen LogP contribution < -0.4 is 0 Å². The number of rotatable bonds is 0. The van der Waals surface area contributed by atoms with Crippen molar-refractivity contribution >= 4 is 26.2 Å². The first kappa shape index (κ1) is 11.0. The first-order valence-corrected chi connectivity index (χ1v) is 15.9. The molecule has 0 aliphatic carbocycles. The van der Waals surface area contributed by atoms with E-state index in [1.165, 1.54) is 12.8 Å². The molecule has 0 radical (unpaired) electrons. The maximum atomic E-state index is 5.74. The topological polar surface area (TPSA) is 9.23 Å². The summed E-state index contributed by atoms with van der Waals surface area (Å²) in [5.41, 5.74) is 0. The molecule has 3 heteroatoms. The second kappa shape index (κ2) is 5.67. The molecule has 10 heavy (non-hydrogen) atoms. The van der Waals surface area contributed by atoms with Gasteiger partial charge < -0.3 is 4.74 Å². The van der Waals surface area contributed by atoms with Gasteiger partial charge in [0.05, 0.1) is 0 Å². The second-order valence-corrected chi connectivity index (χ2v) is 22.8. The van der Waals surface area contributed by atoms with Crippen LogP contribution in [0, 0.1) is 0 Å². The van der Waals surface area contributed by atoms with Gasteiger partial charge in [-0.15, -0.1) is 0 Å². The average Bonchev–Trinajstić information content (AvgIpc) is 2.07. The van der Waals surface area contributed by atoms with Gasteiger partial charge in [-0.1, -0.05) is 0 Å². The Kier molecular flexibility index (Phi) is 6.26. The van der Waals surface area contributed by atoms with Crippen LogP contribution in [0.2, 0.25) is 14.8 Å². The Hall–Kier alpha value is 1.05. The summed E-state index contributed by atoms with van der Waals surface area (Å²) in [6.07, 6.45) is 2.56. The van der Waals surface area contributed by atoms with Gasteiger partial charge in [0.2, 0.25) is 0 Å². The Morgan fingerprint density at radius 3 is 1.50 bits per heavy atom. The Balaban J connectivity index is 0.000000162. The predicted octanol–water partition coefficient (Wildman–Crippen LogP) is 2.86. The standard InChI is InChI=1S/C4H8O.3CH3.ClH.Sn/c1-2-4-5-3-1;;;;;/h1-4H2;3*1H3;1H;/q;;;;;+1/p-1. The zero-order valence-corrected chi connectivity index (χ0v) is 10.7. The summed E-state index contributed by atoms with van der Waals surface area (Å²) >= 11 is -1.71. The van der Waals surface area contributed by atoms with Crippen molar-refractivity contribution < 1.29 is 4.74 Å². The maximum absolute atomic E-state index is 5.74. The van der Waals surface area contributed by atoms with Crippen molar-refractivity contribution in [3.05, 3.63) is 0 Å². The summed E-state index contributed by atoms with van der Waals surface area (Å²) in [4.78, 5) is 6.49. The molecule has 0 bridgehead atoms. The van der Waals surface area contributed by atoms with Gasteiger partial charge in [-0.2, -0.15) is 0 Å². The van der Waals surface area contributed by atoms with Gasteiger partial charge in [-0.3, -0.25) is 0 Å². The molecule has 1 rings (SSSR count). The van der Waals surface area contributed by atoms with Gasteiger partial charge in [0.15, 0.2) is 0 Å². The van der Waals surface area contributed by atoms with Gasteiger partial charge >= 0.3 is 41.0 Å². The normalized spacial score (nSPS) is 18.0. The molecule has 0 atom stereocenters.